The molecule has 102 valence electrons. The van der Waals surface area contributed by atoms with Gasteiger partial charge in [0.1, 0.15) is 5.82 Å². The molecule has 0 saturated heterocycles. The van der Waals surface area contributed by atoms with Gasteiger partial charge in [-0.25, -0.2) is 4.39 Å². The summed E-state index contributed by atoms with van der Waals surface area (Å²) in [5.41, 5.74) is 1.03. The van der Waals surface area contributed by atoms with Crippen molar-refractivity contribution in [1.82, 2.24) is 0 Å². The molecule has 4 heteroatoms. The maximum absolute atomic E-state index is 13.5. The summed E-state index contributed by atoms with van der Waals surface area (Å²) in [6, 6.07) is 6.71. The van der Waals surface area contributed by atoms with Gasteiger partial charge in [-0.3, -0.25) is 0 Å². The second kappa shape index (κ2) is 6.53. The van der Waals surface area contributed by atoms with Gasteiger partial charge in [-0.2, -0.15) is 5.26 Å². The zero-order valence-corrected chi connectivity index (χ0v) is 11.0. The van der Waals surface area contributed by atoms with Crippen molar-refractivity contribution in [3.63, 3.8) is 0 Å². The van der Waals surface area contributed by atoms with Crippen molar-refractivity contribution in [2.45, 2.75) is 38.1 Å². The van der Waals surface area contributed by atoms with Gasteiger partial charge in [-0.15, -0.1) is 0 Å². The van der Waals surface area contributed by atoms with Crippen molar-refractivity contribution in [3.05, 3.63) is 29.6 Å². The number of nitriles is 1. The first kappa shape index (κ1) is 13.8. The van der Waals surface area contributed by atoms with E-state index >= 15 is 0 Å². The van der Waals surface area contributed by atoms with E-state index in [0.717, 1.165) is 12.8 Å². The standard InChI is InChI=1S/C15H19FN2O/c16-13-8-12(11-17)9-15(10-13)18(6-7-19)14-4-2-1-3-5-14/h8-10,14,19H,1-7H2. The Kier molecular flexibility index (Phi) is 4.75. The zero-order chi connectivity index (χ0) is 13.7. The molecule has 1 saturated carbocycles. The highest BCUT2D eigenvalue weighted by atomic mass is 19.1. The summed E-state index contributed by atoms with van der Waals surface area (Å²) in [5.74, 6) is -0.396. The fraction of sp³-hybridized carbons (Fsp3) is 0.533. The summed E-state index contributed by atoms with van der Waals surface area (Å²) >= 11 is 0. The van der Waals surface area contributed by atoms with Gasteiger partial charge in [0.05, 0.1) is 18.2 Å². The summed E-state index contributed by atoms with van der Waals surface area (Å²) < 4.78 is 13.5. The summed E-state index contributed by atoms with van der Waals surface area (Å²) in [7, 11) is 0. The van der Waals surface area contributed by atoms with E-state index in [9.17, 15) is 9.50 Å². The van der Waals surface area contributed by atoms with E-state index in [1.165, 1.54) is 31.4 Å². The highest BCUT2D eigenvalue weighted by molar-refractivity contribution is 5.52. The Bertz CT molecular complexity index is 464. The molecule has 0 aromatic heterocycles. The molecule has 0 radical (unpaired) electrons. The van der Waals surface area contributed by atoms with Crippen molar-refractivity contribution >= 4 is 5.69 Å². The van der Waals surface area contributed by atoms with Crippen LogP contribution >= 0.6 is 0 Å². The minimum atomic E-state index is -0.396. The first-order chi connectivity index (χ1) is 9.24. The molecule has 1 aliphatic carbocycles. The quantitative estimate of drug-likeness (QED) is 0.907. The summed E-state index contributed by atoms with van der Waals surface area (Å²) in [6.07, 6.45) is 5.73. The lowest BCUT2D eigenvalue weighted by molar-refractivity contribution is 0.290. The third-order valence-corrected chi connectivity index (χ3v) is 3.70. The monoisotopic (exact) mass is 262 g/mol. The number of anilines is 1. The van der Waals surface area contributed by atoms with Gasteiger partial charge in [-0.1, -0.05) is 19.3 Å². The maximum Gasteiger partial charge on any atom is 0.126 e. The largest absolute Gasteiger partial charge is 0.395 e. The van der Waals surface area contributed by atoms with Crippen LogP contribution in [0.1, 0.15) is 37.7 Å². The topological polar surface area (TPSA) is 47.3 Å². The lowest BCUT2D eigenvalue weighted by Gasteiger charge is -2.36. The zero-order valence-electron chi connectivity index (χ0n) is 11.0. The van der Waals surface area contributed by atoms with Crippen LogP contribution < -0.4 is 4.90 Å². The highest BCUT2D eigenvalue weighted by Crippen LogP contribution is 2.28. The number of rotatable bonds is 4. The van der Waals surface area contributed by atoms with E-state index in [0.29, 0.717) is 23.8 Å². The Balaban J connectivity index is 2.27. The molecule has 0 bridgehead atoms. The van der Waals surface area contributed by atoms with Gasteiger partial charge in [0, 0.05) is 18.3 Å². The summed E-state index contributed by atoms with van der Waals surface area (Å²) in [4.78, 5) is 2.04. The molecule has 3 nitrogen and oxygen atoms in total. The van der Waals surface area contributed by atoms with Crippen molar-refractivity contribution in [2.75, 3.05) is 18.1 Å². The Morgan fingerprint density at radius 2 is 2.00 bits per heavy atom. The van der Waals surface area contributed by atoms with E-state index in [1.54, 1.807) is 6.07 Å². The van der Waals surface area contributed by atoms with E-state index in [-0.39, 0.29) is 6.61 Å². The Morgan fingerprint density at radius 3 is 2.63 bits per heavy atom. The van der Waals surface area contributed by atoms with Crippen LogP contribution in [0.2, 0.25) is 0 Å². The number of halogens is 1. The van der Waals surface area contributed by atoms with Crippen LogP contribution in [-0.4, -0.2) is 24.3 Å². The highest BCUT2D eigenvalue weighted by Gasteiger charge is 2.21. The number of aliphatic hydroxyl groups excluding tert-OH is 1. The molecule has 0 unspecified atom stereocenters. The number of hydrogen-bond acceptors (Lipinski definition) is 3. The number of hydrogen-bond donors (Lipinski definition) is 1. The average Bonchev–Trinajstić information content (AvgIpc) is 2.45. The van der Waals surface area contributed by atoms with E-state index in [2.05, 4.69) is 0 Å². The van der Waals surface area contributed by atoms with Crippen LogP contribution in [0.5, 0.6) is 0 Å². The van der Waals surface area contributed by atoms with E-state index < -0.39 is 5.82 Å². The van der Waals surface area contributed by atoms with E-state index in [1.807, 2.05) is 11.0 Å². The van der Waals surface area contributed by atoms with Crippen molar-refractivity contribution in [2.24, 2.45) is 0 Å². The van der Waals surface area contributed by atoms with Crippen molar-refractivity contribution in [1.29, 1.82) is 5.26 Å². The summed E-state index contributed by atoms with van der Waals surface area (Å²) in [5, 5.41) is 18.1. The molecule has 19 heavy (non-hydrogen) atoms. The van der Waals surface area contributed by atoms with Crippen LogP contribution in [0.25, 0.3) is 0 Å². The van der Waals surface area contributed by atoms with Gasteiger partial charge in [0.15, 0.2) is 0 Å². The fourth-order valence-corrected chi connectivity index (χ4v) is 2.83. The number of benzene rings is 1. The minimum Gasteiger partial charge on any atom is -0.395 e. The Labute approximate surface area is 113 Å². The van der Waals surface area contributed by atoms with Crippen LogP contribution in [0.3, 0.4) is 0 Å². The normalized spacial score (nSPS) is 16.1. The van der Waals surface area contributed by atoms with Crippen LogP contribution in [0.4, 0.5) is 10.1 Å². The maximum atomic E-state index is 13.5. The van der Waals surface area contributed by atoms with Crippen LogP contribution in [0, 0.1) is 17.1 Å². The van der Waals surface area contributed by atoms with Gasteiger partial charge in [0.2, 0.25) is 0 Å². The molecule has 1 aliphatic rings. The summed E-state index contributed by atoms with van der Waals surface area (Å²) in [6.45, 7) is 0.522. The molecule has 0 aliphatic heterocycles. The fourth-order valence-electron chi connectivity index (χ4n) is 2.83. The van der Waals surface area contributed by atoms with Gasteiger partial charge < -0.3 is 10.0 Å². The first-order valence-corrected chi connectivity index (χ1v) is 6.83. The molecule has 0 spiro atoms. The lowest BCUT2D eigenvalue weighted by atomic mass is 9.93. The number of aliphatic hydroxyl groups is 1. The van der Waals surface area contributed by atoms with Crippen molar-refractivity contribution in [3.8, 4) is 6.07 Å². The smallest absolute Gasteiger partial charge is 0.126 e. The second-order valence-electron chi connectivity index (χ2n) is 5.02. The average molecular weight is 262 g/mol. The molecule has 1 aromatic rings. The van der Waals surface area contributed by atoms with Gasteiger partial charge in [0.25, 0.3) is 0 Å². The number of nitrogens with zero attached hydrogens (tertiary/aromatic N) is 2. The Hall–Kier alpha value is -1.60. The van der Waals surface area contributed by atoms with Crippen LogP contribution in [-0.2, 0) is 0 Å². The molecule has 1 aromatic carbocycles. The molecule has 2 rings (SSSR count). The van der Waals surface area contributed by atoms with Gasteiger partial charge >= 0.3 is 0 Å². The lowest BCUT2D eigenvalue weighted by Crippen LogP contribution is -2.39. The van der Waals surface area contributed by atoms with Crippen LogP contribution in [0.15, 0.2) is 18.2 Å². The predicted molar refractivity (Wildman–Crippen MR) is 72.4 cm³/mol. The third kappa shape index (κ3) is 3.45. The van der Waals surface area contributed by atoms with Crippen molar-refractivity contribution < 1.29 is 9.50 Å². The molecule has 0 atom stereocenters. The van der Waals surface area contributed by atoms with Gasteiger partial charge in [-0.05, 0) is 31.0 Å². The predicted octanol–water partition coefficient (Wildman–Crippen LogP) is 2.83. The first-order valence-electron chi connectivity index (χ1n) is 6.83. The molecule has 1 fully saturated rings. The second-order valence-corrected chi connectivity index (χ2v) is 5.02. The molecular formula is C15H19FN2O. The molecule has 0 amide bonds. The molecule has 0 heterocycles. The Morgan fingerprint density at radius 1 is 1.26 bits per heavy atom. The SMILES string of the molecule is N#Cc1cc(F)cc(N(CCO)C2CCCCC2)c1. The third-order valence-electron chi connectivity index (χ3n) is 3.70. The minimum absolute atomic E-state index is 0.0366. The molecular weight excluding hydrogens is 243 g/mol. The van der Waals surface area contributed by atoms with E-state index in [4.69, 9.17) is 5.26 Å². The molecule has 1 N–H and O–H groups in total.